The summed E-state index contributed by atoms with van der Waals surface area (Å²) in [5.41, 5.74) is 0. The zero-order chi connectivity index (χ0) is 11.5. The van der Waals surface area contributed by atoms with Crippen molar-refractivity contribution in [3.63, 3.8) is 0 Å². The molecule has 0 aromatic rings. The normalized spacial score (nSPS) is 39.9. The lowest BCUT2D eigenvalue weighted by atomic mass is 9.85. The summed E-state index contributed by atoms with van der Waals surface area (Å²) in [6.45, 7) is 7.14. The minimum absolute atomic E-state index is 0.828. The first-order chi connectivity index (χ1) is 8.43. The summed E-state index contributed by atoms with van der Waals surface area (Å²) in [6, 6.07) is 0.833. The van der Waals surface area contributed by atoms with Crippen molar-refractivity contribution < 1.29 is 4.74 Å². The number of nitrogens with one attached hydrogen (secondary N) is 1. The third-order valence-corrected chi connectivity index (χ3v) is 4.81. The van der Waals surface area contributed by atoms with E-state index in [1.165, 1.54) is 58.3 Å². The second-order valence-corrected chi connectivity index (χ2v) is 6.04. The molecule has 0 aliphatic carbocycles. The summed E-state index contributed by atoms with van der Waals surface area (Å²) in [5.74, 6) is 1.72. The van der Waals surface area contributed by atoms with E-state index >= 15 is 0 Å². The Labute approximate surface area is 105 Å². The fourth-order valence-corrected chi connectivity index (χ4v) is 3.90. The predicted molar refractivity (Wildman–Crippen MR) is 69.1 cm³/mol. The molecule has 3 unspecified atom stereocenters. The number of likely N-dealkylation sites (tertiary alicyclic amines) is 1. The molecular weight excluding hydrogens is 212 g/mol. The molecular formula is C14H26N2O. The van der Waals surface area contributed by atoms with Gasteiger partial charge in [-0.1, -0.05) is 0 Å². The van der Waals surface area contributed by atoms with Gasteiger partial charge in [0.05, 0.1) is 6.61 Å². The van der Waals surface area contributed by atoms with Crippen molar-refractivity contribution in [2.75, 3.05) is 39.4 Å². The zero-order valence-corrected chi connectivity index (χ0v) is 10.9. The van der Waals surface area contributed by atoms with E-state index in [4.69, 9.17) is 4.74 Å². The SMILES string of the molecule is C1CNCC(CN2CCCC3COCCC32)C1. The Morgan fingerprint density at radius 3 is 3.06 bits per heavy atom. The van der Waals surface area contributed by atoms with E-state index in [1.807, 2.05) is 0 Å². The van der Waals surface area contributed by atoms with Crippen LogP contribution in [0.2, 0.25) is 0 Å². The van der Waals surface area contributed by atoms with Gasteiger partial charge in [0.25, 0.3) is 0 Å². The zero-order valence-electron chi connectivity index (χ0n) is 10.9. The van der Waals surface area contributed by atoms with Gasteiger partial charge >= 0.3 is 0 Å². The maximum absolute atomic E-state index is 5.64. The lowest BCUT2D eigenvalue weighted by Crippen LogP contribution is -2.52. The Balaban J connectivity index is 1.56. The quantitative estimate of drug-likeness (QED) is 0.789. The summed E-state index contributed by atoms with van der Waals surface area (Å²) in [5, 5.41) is 3.55. The molecule has 0 spiro atoms. The van der Waals surface area contributed by atoms with Crippen LogP contribution in [0.3, 0.4) is 0 Å². The fourth-order valence-electron chi connectivity index (χ4n) is 3.90. The van der Waals surface area contributed by atoms with E-state index in [1.54, 1.807) is 0 Å². The first kappa shape index (κ1) is 11.9. The minimum Gasteiger partial charge on any atom is -0.381 e. The molecule has 0 amide bonds. The molecule has 0 radical (unpaired) electrons. The van der Waals surface area contributed by atoms with Crippen LogP contribution in [-0.4, -0.2) is 50.3 Å². The van der Waals surface area contributed by atoms with Gasteiger partial charge in [-0.2, -0.15) is 0 Å². The van der Waals surface area contributed by atoms with Crippen molar-refractivity contribution >= 4 is 0 Å². The Bertz CT molecular complexity index is 238. The molecule has 3 heteroatoms. The van der Waals surface area contributed by atoms with Crippen molar-refractivity contribution in [3.05, 3.63) is 0 Å². The number of nitrogens with zero attached hydrogens (tertiary/aromatic N) is 1. The highest BCUT2D eigenvalue weighted by molar-refractivity contribution is 4.88. The van der Waals surface area contributed by atoms with Crippen molar-refractivity contribution in [2.45, 2.75) is 38.1 Å². The summed E-state index contributed by atoms with van der Waals surface area (Å²) < 4.78 is 5.64. The molecule has 0 saturated carbocycles. The number of ether oxygens (including phenoxy) is 1. The van der Waals surface area contributed by atoms with E-state index < -0.39 is 0 Å². The van der Waals surface area contributed by atoms with Gasteiger partial charge in [0.1, 0.15) is 0 Å². The molecule has 3 fully saturated rings. The average molecular weight is 238 g/mol. The van der Waals surface area contributed by atoms with Crippen LogP contribution in [0.5, 0.6) is 0 Å². The van der Waals surface area contributed by atoms with E-state index in [0.717, 1.165) is 31.1 Å². The lowest BCUT2D eigenvalue weighted by molar-refractivity contribution is -0.0408. The van der Waals surface area contributed by atoms with Gasteiger partial charge in [0, 0.05) is 19.2 Å². The highest BCUT2D eigenvalue weighted by Crippen LogP contribution is 2.30. The van der Waals surface area contributed by atoms with Crippen LogP contribution in [0.25, 0.3) is 0 Å². The number of hydrogen-bond acceptors (Lipinski definition) is 3. The Kier molecular flexibility index (Phi) is 3.99. The van der Waals surface area contributed by atoms with Crippen LogP contribution in [0.15, 0.2) is 0 Å². The third kappa shape index (κ3) is 2.83. The molecule has 3 heterocycles. The fraction of sp³-hybridized carbons (Fsp3) is 1.00. The second kappa shape index (κ2) is 5.68. The smallest absolute Gasteiger partial charge is 0.0509 e. The monoisotopic (exact) mass is 238 g/mol. The van der Waals surface area contributed by atoms with Crippen LogP contribution in [0.1, 0.15) is 32.1 Å². The van der Waals surface area contributed by atoms with Crippen molar-refractivity contribution in [1.29, 1.82) is 0 Å². The molecule has 3 aliphatic rings. The molecule has 1 N–H and O–H groups in total. The van der Waals surface area contributed by atoms with Gasteiger partial charge in [-0.15, -0.1) is 0 Å². The largest absolute Gasteiger partial charge is 0.381 e. The van der Waals surface area contributed by atoms with E-state index in [9.17, 15) is 0 Å². The molecule has 98 valence electrons. The van der Waals surface area contributed by atoms with Gasteiger partial charge in [-0.05, 0) is 63.6 Å². The molecule has 3 aliphatic heterocycles. The third-order valence-electron chi connectivity index (χ3n) is 4.81. The van der Waals surface area contributed by atoms with Crippen molar-refractivity contribution in [1.82, 2.24) is 10.2 Å². The van der Waals surface area contributed by atoms with Crippen LogP contribution in [-0.2, 0) is 4.74 Å². The summed E-state index contributed by atoms with van der Waals surface area (Å²) >= 11 is 0. The van der Waals surface area contributed by atoms with Crippen LogP contribution in [0, 0.1) is 11.8 Å². The minimum atomic E-state index is 0.828. The predicted octanol–water partition coefficient (Wildman–Crippen LogP) is 1.49. The average Bonchev–Trinajstić information content (AvgIpc) is 2.40. The maximum Gasteiger partial charge on any atom is 0.0509 e. The van der Waals surface area contributed by atoms with Crippen molar-refractivity contribution in [2.24, 2.45) is 11.8 Å². The standard InChI is InChI=1S/C14H26N2O/c1-3-12(9-15-6-1)10-16-7-2-4-13-11-17-8-5-14(13)16/h12-15H,1-11H2. The second-order valence-electron chi connectivity index (χ2n) is 6.04. The first-order valence-corrected chi connectivity index (χ1v) is 7.46. The van der Waals surface area contributed by atoms with Crippen molar-refractivity contribution in [3.8, 4) is 0 Å². The number of piperidine rings is 2. The van der Waals surface area contributed by atoms with Gasteiger partial charge in [0.2, 0.25) is 0 Å². The summed E-state index contributed by atoms with van der Waals surface area (Å²) in [6.07, 6.45) is 6.84. The van der Waals surface area contributed by atoms with E-state index in [2.05, 4.69) is 10.2 Å². The molecule has 3 atom stereocenters. The molecule has 3 rings (SSSR count). The number of rotatable bonds is 2. The molecule has 0 aromatic heterocycles. The molecule has 3 nitrogen and oxygen atoms in total. The maximum atomic E-state index is 5.64. The lowest BCUT2D eigenvalue weighted by Gasteiger charge is -2.45. The van der Waals surface area contributed by atoms with Crippen LogP contribution >= 0.6 is 0 Å². The highest BCUT2D eigenvalue weighted by atomic mass is 16.5. The van der Waals surface area contributed by atoms with Crippen LogP contribution < -0.4 is 5.32 Å². The molecule has 3 saturated heterocycles. The van der Waals surface area contributed by atoms with E-state index in [-0.39, 0.29) is 0 Å². The van der Waals surface area contributed by atoms with Gasteiger partial charge in [-0.25, -0.2) is 0 Å². The molecule has 17 heavy (non-hydrogen) atoms. The summed E-state index contributed by atoms with van der Waals surface area (Å²) in [4.78, 5) is 2.79. The van der Waals surface area contributed by atoms with Gasteiger partial charge in [0.15, 0.2) is 0 Å². The molecule has 0 bridgehead atoms. The Morgan fingerprint density at radius 1 is 1.18 bits per heavy atom. The molecule has 0 aromatic carbocycles. The Morgan fingerprint density at radius 2 is 2.18 bits per heavy atom. The van der Waals surface area contributed by atoms with E-state index in [0.29, 0.717) is 0 Å². The van der Waals surface area contributed by atoms with Gasteiger partial charge in [-0.3, -0.25) is 4.90 Å². The highest BCUT2D eigenvalue weighted by Gasteiger charge is 2.34. The Hall–Kier alpha value is -0.120. The first-order valence-electron chi connectivity index (χ1n) is 7.46. The van der Waals surface area contributed by atoms with Gasteiger partial charge < -0.3 is 10.1 Å². The van der Waals surface area contributed by atoms with Crippen LogP contribution in [0.4, 0.5) is 0 Å². The summed E-state index contributed by atoms with van der Waals surface area (Å²) in [7, 11) is 0. The number of hydrogen-bond donors (Lipinski definition) is 1. The topological polar surface area (TPSA) is 24.5 Å². The number of fused-ring (bicyclic) bond motifs is 1.